The quantitative estimate of drug-likeness (QED) is 0.194. The molecule has 10 heteroatoms. The topological polar surface area (TPSA) is 105 Å². The summed E-state index contributed by atoms with van der Waals surface area (Å²) >= 11 is 0. The number of aryl methyl sites for hydroxylation is 1. The highest BCUT2D eigenvalue weighted by molar-refractivity contribution is 14.0. The second-order valence-electron chi connectivity index (χ2n) is 6.76. The van der Waals surface area contributed by atoms with Crippen LogP contribution >= 0.6 is 24.0 Å². The van der Waals surface area contributed by atoms with Gasteiger partial charge in [0.2, 0.25) is 5.91 Å². The van der Waals surface area contributed by atoms with E-state index in [1.165, 1.54) is 0 Å². The van der Waals surface area contributed by atoms with Crippen LogP contribution < -0.4 is 16.0 Å². The van der Waals surface area contributed by atoms with Gasteiger partial charge < -0.3 is 25.3 Å². The molecule has 0 aliphatic carbocycles. The molecule has 1 heterocycles. The lowest BCUT2D eigenvalue weighted by Crippen LogP contribution is -2.48. The van der Waals surface area contributed by atoms with Crippen LogP contribution in [0.15, 0.2) is 4.99 Å². The Morgan fingerprint density at radius 1 is 1.26 bits per heavy atom. The molecule has 0 fully saturated rings. The van der Waals surface area contributed by atoms with Crippen LogP contribution in [-0.2, 0) is 23.1 Å². The van der Waals surface area contributed by atoms with Crippen molar-refractivity contribution in [1.82, 2.24) is 30.7 Å². The van der Waals surface area contributed by atoms with Crippen LogP contribution in [0.25, 0.3) is 0 Å². The van der Waals surface area contributed by atoms with E-state index in [1.54, 1.807) is 7.11 Å². The van der Waals surface area contributed by atoms with Gasteiger partial charge in [0.25, 0.3) is 0 Å². The summed E-state index contributed by atoms with van der Waals surface area (Å²) in [5, 5.41) is 17.5. The number of carbonyl (C=O) groups excluding carboxylic acids is 1. The summed E-state index contributed by atoms with van der Waals surface area (Å²) in [5.74, 6) is 2.27. The Kier molecular flexibility index (Phi) is 12.2. The molecule has 0 unspecified atom stereocenters. The Bertz CT molecular complexity index is 602. The molecule has 0 bridgehead atoms. The lowest BCUT2D eigenvalue weighted by atomic mass is 9.92. The number of hydrogen-bond acceptors (Lipinski definition) is 5. The minimum atomic E-state index is -0.549. The highest BCUT2D eigenvalue weighted by Gasteiger charge is 2.27. The Labute approximate surface area is 179 Å². The summed E-state index contributed by atoms with van der Waals surface area (Å²) in [6.07, 6.45) is 0.861. The highest BCUT2D eigenvalue weighted by Crippen LogP contribution is 2.13. The minimum Gasteiger partial charge on any atom is -0.385 e. The Balaban J connectivity index is 0.00000676. The van der Waals surface area contributed by atoms with Crippen LogP contribution in [0.4, 0.5) is 0 Å². The number of hydrogen-bond donors (Lipinski definition) is 3. The monoisotopic (exact) mass is 495 g/mol. The van der Waals surface area contributed by atoms with Crippen molar-refractivity contribution in [2.45, 2.75) is 40.7 Å². The lowest BCUT2D eigenvalue weighted by molar-refractivity contribution is -0.128. The van der Waals surface area contributed by atoms with Gasteiger partial charge in [-0.3, -0.25) is 4.79 Å². The summed E-state index contributed by atoms with van der Waals surface area (Å²) in [7, 11) is 3.59. The normalized spacial score (nSPS) is 11.7. The molecule has 1 aromatic rings. The number of carbonyl (C=O) groups is 1. The van der Waals surface area contributed by atoms with Gasteiger partial charge >= 0.3 is 0 Å². The average molecular weight is 495 g/mol. The molecule has 0 saturated heterocycles. The van der Waals surface area contributed by atoms with Gasteiger partial charge in [-0.15, -0.1) is 34.2 Å². The van der Waals surface area contributed by atoms with E-state index in [4.69, 9.17) is 4.74 Å². The largest absolute Gasteiger partial charge is 0.385 e. The smallest absolute Gasteiger partial charge is 0.227 e. The fourth-order valence-electron chi connectivity index (χ4n) is 2.12. The molecule has 0 spiro atoms. The lowest BCUT2D eigenvalue weighted by Gasteiger charge is -2.25. The van der Waals surface area contributed by atoms with Crippen molar-refractivity contribution in [2.75, 3.05) is 33.4 Å². The van der Waals surface area contributed by atoms with Crippen LogP contribution in [0, 0.1) is 12.3 Å². The predicted molar refractivity (Wildman–Crippen MR) is 117 cm³/mol. The Morgan fingerprint density at radius 2 is 1.96 bits per heavy atom. The molecular weight excluding hydrogens is 461 g/mol. The van der Waals surface area contributed by atoms with Gasteiger partial charge in [-0.2, -0.15) is 0 Å². The van der Waals surface area contributed by atoms with Crippen molar-refractivity contribution in [3.8, 4) is 0 Å². The number of nitrogens with one attached hydrogen (secondary N) is 3. The third-order valence-electron chi connectivity index (χ3n) is 4.03. The van der Waals surface area contributed by atoms with Crippen molar-refractivity contribution >= 4 is 35.8 Å². The third-order valence-corrected chi connectivity index (χ3v) is 4.03. The fourth-order valence-corrected chi connectivity index (χ4v) is 2.12. The van der Waals surface area contributed by atoms with Gasteiger partial charge in [0.05, 0.1) is 5.41 Å². The Hall–Kier alpha value is -1.43. The molecule has 9 nitrogen and oxygen atoms in total. The summed E-state index contributed by atoms with van der Waals surface area (Å²) in [4.78, 5) is 16.7. The molecule has 0 radical (unpaired) electrons. The first-order valence-corrected chi connectivity index (χ1v) is 8.96. The summed E-state index contributed by atoms with van der Waals surface area (Å²) in [6.45, 7) is 10.5. The zero-order valence-electron chi connectivity index (χ0n) is 17.3. The van der Waals surface area contributed by atoms with Crippen LogP contribution in [0.5, 0.6) is 0 Å². The molecule has 1 rings (SSSR count). The minimum absolute atomic E-state index is 0. The van der Waals surface area contributed by atoms with Crippen molar-refractivity contribution in [1.29, 1.82) is 0 Å². The maximum Gasteiger partial charge on any atom is 0.227 e. The second kappa shape index (κ2) is 12.9. The van der Waals surface area contributed by atoms with Crippen molar-refractivity contribution in [3.63, 3.8) is 0 Å². The van der Waals surface area contributed by atoms with Gasteiger partial charge in [0.15, 0.2) is 11.8 Å². The van der Waals surface area contributed by atoms with Gasteiger partial charge in [-0.1, -0.05) is 0 Å². The van der Waals surface area contributed by atoms with Gasteiger partial charge in [-0.05, 0) is 34.1 Å². The fraction of sp³-hybridized carbons (Fsp3) is 0.765. The van der Waals surface area contributed by atoms with E-state index in [9.17, 15) is 4.79 Å². The molecule has 156 valence electrons. The molecule has 0 aromatic carbocycles. The number of rotatable bonds is 10. The van der Waals surface area contributed by atoms with Crippen molar-refractivity contribution in [3.05, 3.63) is 11.6 Å². The summed E-state index contributed by atoms with van der Waals surface area (Å²) in [6, 6.07) is 0. The van der Waals surface area contributed by atoms with E-state index in [0.29, 0.717) is 32.2 Å². The first-order chi connectivity index (χ1) is 12.3. The molecule has 1 aromatic heterocycles. The zero-order valence-corrected chi connectivity index (χ0v) is 19.6. The molecule has 1 amide bonds. The van der Waals surface area contributed by atoms with E-state index in [2.05, 4.69) is 31.1 Å². The molecular formula is C17H34IN7O2. The Morgan fingerprint density at radius 3 is 2.52 bits per heavy atom. The van der Waals surface area contributed by atoms with Crippen LogP contribution in [-0.4, -0.2) is 60.0 Å². The molecule has 0 saturated carbocycles. The van der Waals surface area contributed by atoms with E-state index in [1.807, 2.05) is 39.3 Å². The van der Waals surface area contributed by atoms with Crippen molar-refractivity contribution < 1.29 is 9.53 Å². The number of guanidine groups is 1. The van der Waals surface area contributed by atoms with Gasteiger partial charge in [0.1, 0.15) is 12.4 Å². The maximum atomic E-state index is 12.2. The van der Waals surface area contributed by atoms with E-state index in [0.717, 1.165) is 24.6 Å². The molecule has 0 aliphatic heterocycles. The second-order valence-corrected chi connectivity index (χ2v) is 6.76. The van der Waals surface area contributed by atoms with E-state index < -0.39 is 5.41 Å². The first kappa shape index (κ1) is 25.6. The first-order valence-electron chi connectivity index (χ1n) is 8.96. The van der Waals surface area contributed by atoms with Crippen molar-refractivity contribution in [2.24, 2.45) is 17.5 Å². The van der Waals surface area contributed by atoms with Crippen LogP contribution in [0.3, 0.4) is 0 Å². The number of halogens is 1. The maximum absolute atomic E-state index is 12.2. The molecule has 27 heavy (non-hydrogen) atoms. The average Bonchev–Trinajstić information content (AvgIpc) is 2.92. The number of amides is 1. The molecule has 0 aliphatic rings. The van der Waals surface area contributed by atoms with E-state index in [-0.39, 0.29) is 29.9 Å². The molecule has 0 atom stereocenters. The van der Waals surface area contributed by atoms with Crippen LogP contribution in [0.2, 0.25) is 0 Å². The summed E-state index contributed by atoms with van der Waals surface area (Å²) in [5.41, 5.74) is -0.549. The highest BCUT2D eigenvalue weighted by atomic mass is 127. The summed E-state index contributed by atoms with van der Waals surface area (Å²) < 4.78 is 6.98. The number of aliphatic imine (C=N–C) groups is 1. The van der Waals surface area contributed by atoms with Gasteiger partial charge in [0, 0.05) is 40.4 Å². The SMILES string of the molecule is CCNC(=O)C(C)(C)CNC(=NCc1nnc(C)n1C)NCCCOC.I. The number of nitrogens with zero attached hydrogens (tertiary/aromatic N) is 4. The standard InChI is InChI=1S/C17H33N7O2.HI/c1-7-18-15(25)17(3,4)12-21-16(19-9-8-10-26-6)20-11-14-23-22-13(2)24(14)5;/h7-12H2,1-6H3,(H,18,25)(H2,19,20,21);1H. The number of ether oxygens (including phenoxy) is 1. The molecule has 3 N–H and O–H groups in total. The van der Waals surface area contributed by atoms with Crippen LogP contribution in [0.1, 0.15) is 38.8 Å². The number of aromatic nitrogens is 3. The number of methoxy groups -OCH3 is 1. The van der Waals surface area contributed by atoms with Gasteiger partial charge in [-0.25, -0.2) is 4.99 Å². The third kappa shape index (κ3) is 8.87. The predicted octanol–water partition coefficient (Wildman–Crippen LogP) is 0.976. The zero-order chi connectivity index (χ0) is 19.6. The van der Waals surface area contributed by atoms with E-state index >= 15 is 0 Å².